The maximum atomic E-state index is 14.4. The van der Waals surface area contributed by atoms with Gasteiger partial charge in [-0.15, -0.1) is 0 Å². The first kappa shape index (κ1) is 19.4. The molecule has 2 bridgehead atoms. The lowest BCUT2D eigenvalue weighted by Crippen LogP contribution is -3.28. The molecule has 0 atom stereocenters. The predicted octanol–water partition coefficient (Wildman–Crippen LogP) is 1.05. The van der Waals surface area contributed by atoms with E-state index in [0.717, 1.165) is 26.2 Å². The molecule has 2 aromatic rings. The molecule has 0 radical (unpaired) electrons. The van der Waals surface area contributed by atoms with Gasteiger partial charge in [-0.2, -0.15) is 0 Å². The van der Waals surface area contributed by atoms with Crippen molar-refractivity contribution in [2.24, 2.45) is 0 Å². The zero-order valence-electron chi connectivity index (χ0n) is 17.7. The van der Waals surface area contributed by atoms with Crippen LogP contribution in [0, 0.1) is 0 Å². The molecule has 0 saturated carbocycles. The predicted molar refractivity (Wildman–Crippen MR) is 113 cm³/mol. The Morgan fingerprint density at radius 1 is 0.643 bits per heavy atom. The van der Waals surface area contributed by atoms with Crippen LogP contribution in [0.25, 0.3) is 0 Å². The Morgan fingerprint density at radius 3 is 1.25 bits per heavy atom. The zero-order chi connectivity index (χ0) is 19.9. The maximum Gasteiger partial charge on any atom is 0.176 e. The highest BCUT2D eigenvalue weighted by atomic mass is 16.1. The van der Waals surface area contributed by atoms with Gasteiger partial charge >= 0.3 is 0 Å². The van der Waals surface area contributed by atoms with E-state index < -0.39 is 10.8 Å². The number of rotatable bonds is 4. The summed E-state index contributed by atoms with van der Waals surface area (Å²) in [4.78, 5) is 17.5. The average Bonchev–Trinajstić information content (AvgIpc) is 2.69. The number of likely N-dealkylation sites (tertiary alicyclic amines) is 2. The van der Waals surface area contributed by atoms with Gasteiger partial charge in [0.05, 0.1) is 38.3 Å². The van der Waals surface area contributed by atoms with Gasteiger partial charge in [-0.3, -0.25) is 4.79 Å². The third-order valence-electron chi connectivity index (χ3n) is 7.27. The summed E-state index contributed by atoms with van der Waals surface area (Å²) in [6.07, 6.45) is 0. The minimum Gasteiger partial charge on any atom is -0.330 e. The molecule has 4 rings (SSSR count). The molecule has 3 heteroatoms. The van der Waals surface area contributed by atoms with Crippen LogP contribution in [-0.2, 0) is 15.6 Å². The molecule has 148 valence electrons. The smallest absolute Gasteiger partial charge is 0.176 e. The van der Waals surface area contributed by atoms with Gasteiger partial charge in [-0.1, -0.05) is 60.7 Å². The molecule has 0 aliphatic carbocycles. The molecule has 0 spiro atoms. The van der Waals surface area contributed by atoms with Gasteiger partial charge in [0.15, 0.2) is 16.6 Å². The van der Waals surface area contributed by atoms with E-state index in [4.69, 9.17) is 0 Å². The SMILES string of the molecule is CC(C)[NH+]1CC2(c3ccccc3)C[NH+](C(C)C)CC(c3ccccc3)(C1)C2=O. The number of fused-ring (bicyclic) bond motifs is 2. The summed E-state index contributed by atoms with van der Waals surface area (Å²) >= 11 is 0. The Balaban J connectivity index is 1.94. The number of quaternary nitrogens is 2. The van der Waals surface area contributed by atoms with Crippen molar-refractivity contribution in [3.63, 3.8) is 0 Å². The van der Waals surface area contributed by atoms with Crippen LogP contribution in [0.4, 0.5) is 0 Å². The summed E-state index contributed by atoms with van der Waals surface area (Å²) in [5, 5.41) is 0. The maximum absolute atomic E-state index is 14.4. The summed E-state index contributed by atoms with van der Waals surface area (Å²) in [7, 11) is 0. The molecule has 2 N–H and O–H groups in total. The summed E-state index contributed by atoms with van der Waals surface area (Å²) in [6, 6.07) is 22.2. The number of nitrogens with one attached hydrogen (secondary N) is 2. The van der Waals surface area contributed by atoms with Crippen LogP contribution >= 0.6 is 0 Å². The van der Waals surface area contributed by atoms with Crippen LogP contribution in [0.2, 0.25) is 0 Å². The van der Waals surface area contributed by atoms with Crippen molar-refractivity contribution in [3.8, 4) is 0 Å². The molecule has 2 aliphatic rings. The van der Waals surface area contributed by atoms with Crippen molar-refractivity contribution in [3.05, 3.63) is 71.8 Å². The highest BCUT2D eigenvalue weighted by molar-refractivity contribution is 6.00. The van der Waals surface area contributed by atoms with Crippen LogP contribution in [0.5, 0.6) is 0 Å². The fourth-order valence-electron chi connectivity index (χ4n) is 5.58. The third kappa shape index (κ3) is 2.92. The van der Waals surface area contributed by atoms with Crippen molar-refractivity contribution in [1.82, 2.24) is 0 Å². The lowest BCUT2D eigenvalue weighted by molar-refractivity contribution is -0.974. The molecule has 2 aromatic carbocycles. The molecule has 2 aliphatic heterocycles. The number of carbonyl (C=O) groups excluding carboxylic acids is 1. The standard InChI is InChI=1S/C25H32N2O/c1-19(2)26-15-24(21-11-7-5-8-12-21)17-27(20(3)4)18-25(16-26,23(24)28)22-13-9-6-10-14-22/h5-14,19-20H,15-18H2,1-4H3/p+2. The lowest BCUT2D eigenvalue weighted by atomic mass is 9.57. The lowest BCUT2D eigenvalue weighted by Gasteiger charge is -2.55. The van der Waals surface area contributed by atoms with Gasteiger partial charge in [-0.25, -0.2) is 0 Å². The van der Waals surface area contributed by atoms with Gasteiger partial charge < -0.3 is 9.80 Å². The van der Waals surface area contributed by atoms with E-state index in [2.05, 4.69) is 88.4 Å². The monoisotopic (exact) mass is 378 g/mol. The molecule has 2 fully saturated rings. The molecule has 0 amide bonds. The minimum absolute atomic E-state index is 0.410. The van der Waals surface area contributed by atoms with Crippen molar-refractivity contribution in [2.45, 2.75) is 50.6 Å². The minimum atomic E-state index is -0.410. The first-order valence-electron chi connectivity index (χ1n) is 10.7. The Bertz CT molecular complexity index is 747. The second kappa shape index (κ2) is 7.13. The van der Waals surface area contributed by atoms with E-state index in [1.54, 1.807) is 9.80 Å². The summed E-state index contributed by atoms with van der Waals surface area (Å²) in [5.74, 6) is 0.450. The van der Waals surface area contributed by atoms with Gasteiger partial charge in [-0.05, 0) is 38.8 Å². The molecular formula is C25H34N2O+2. The number of Topliss-reactive ketones (excluding diaryl/α,β-unsaturated/α-hetero) is 1. The van der Waals surface area contributed by atoms with Crippen LogP contribution in [0.1, 0.15) is 38.8 Å². The molecule has 3 nitrogen and oxygen atoms in total. The second-order valence-electron chi connectivity index (χ2n) is 9.56. The molecular weight excluding hydrogens is 344 g/mol. The summed E-state index contributed by atoms with van der Waals surface area (Å²) in [5.41, 5.74) is 1.59. The molecule has 0 aromatic heterocycles. The Kier molecular flexibility index (Phi) is 4.93. The van der Waals surface area contributed by atoms with Crippen molar-refractivity contribution >= 4 is 5.78 Å². The topological polar surface area (TPSA) is 26.0 Å². The second-order valence-corrected chi connectivity index (χ2v) is 9.56. The quantitative estimate of drug-likeness (QED) is 0.817. The first-order chi connectivity index (χ1) is 13.4. The number of hydrogen-bond acceptors (Lipinski definition) is 1. The zero-order valence-corrected chi connectivity index (χ0v) is 17.7. The largest absolute Gasteiger partial charge is 0.330 e. The number of hydrogen-bond donors (Lipinski definition) is 2. The van der Waals surface area contributed by atoms with E-state index in [1.807, 2.05) is 0 Å². The van der Waals surface area contributed by atoms with E-state index in [1.165, 1.54) is 11.1 Å². The fourth-order valence-corrected chi connectivity index (χ4v) is 5.58. The fraction of sp³-hybridized carbons (Fsp3) is 0.480. The van der Waals surface area contributed by atoms with Crippen molar-refractivity contribution in [2.75, 3.05) is 26.2 Å². The van der Waals surface area contributed by atoms with E-state index in [9.17, 15) is 4.79 Å². The Labute approximate surface area is 169 Å². The Morgan fingerprint density at radius 2 is 0.964 bits per heavy atom. The molecule has 0 unspecified atom stereocenters. The van der Waals surface area contributed by atoms with Crippen molar-refractivity contribution in [1.29, 1.82) is 0 Å². The van der Waals surface area contributed by atoms with Gasteiger partial charge in [0.2, 0.25) is 0 Å². The van der Waals surface area contributed by atoms with E-state index in [-0.39, 0.29) is 0 Å². The van der Waals surface area contributed by atoms with Crippen LogP contribution in [0.15, 0.2) is 60.7 Å². The molecule has 28 heavy (non-hydrogen) atoms. The molecule has 2 heterocycles. The number of carbonyl (C=O) groups is 1. The number of piperidine rings is 2. The normalized spacial score (nSPS) is 32.7. The van der Waals surface area contributed by atoms with Gasteiger partial charge in [0, 0.05) is 0 Å². The average molecular weight is 379 g/mol. The van der Waals surface area contributed by atoms with Crippen LogP contribution in [0.3, 0.4) is 0 Å². The molecule has 2 saturated heterocycles. The van der Waals surface area contributed by atoms with Crippen LogP contribution in [-0.4, -0.2) is 44.0 Å². The van der Waals surface area contributed by atoms with Gasteiger partial charge in [0.25, 0.3) is 0 Å². The van der Waals surface area contributed by atoms with Gasteiger partial charge in [0.1, 0.15) is 0 Å². The van der Waals surface area contributed by atoms with E-state index in [0.29, 0.717) is 17.9 Å². The highest BCUT2D eigenvalue weighted by Crippen LogP contribution is 2.38. The summed E-state index contributed by atoms with van der Waals surface area (Å²) < 4.78 is 0. The third-order valence-corrected chi connectivity index (χ3v) is 7.27. The van der Waals surface area contributed by atoms with Crippen LogP contribution < -0.4 is 9.80 Å². The first-order valence-corrected chi connectivity index (χ1v) is 10.7. The number of benzene rings is 2. The summed E-state index contributed by atoms with van der Waals surface area (Å²) in [6.45, 7) is 12.8. The van der Waals surface area contributed by atoms with Crippen molar-refractivity contribution < 1.29 is 14.6 Å². The van der Waals surface area contributed by atoms with E-state index >= 15 is 0 Å². The highest BCUT2D eigenvalue weighted by Gasteiger charge is 2.66. The number of ketones is 1. The Hall–Kier alpha value is -1.97.